The van der Waals surface area contributed by atoms with E-state index in [4.69, 9.17) is 5.73 Å². The maximum atomic E-state index is 12.6. The summed E-state index contributed by atoms with van der Waals surface area (Å²) in [6.07, 6.45) is -1.35. The van der Waals surface area contributed by atoms with E-state index in [1.165, 1.54) is 0 Å². The first-order valence-electron chi connectivity index (χ1n) is 11.5. The first-order valence-corrected chi connectivity index (χ1v) is 13.4. The molecule has 0 aromatic heterocycles. The average Bonchev–Trinajstić information content (AvgIpc) is 2.91. The van der Waals surface area contributed by atoms with Crippen molar-refractivity contribution in [2.24, 2.45) is 5.73 Å². The summed E-state index contributed by atoms with van der Waals surface area (Å²) in [7, 11) is 0. The van der Waals surface area contributed by atoms with Crippen molar-refractivity contribution in [1.82, 2.24) is 14.9 Å². The minimum atomic E-state index is -1.42. The lowest BCUT2D eigenvalue weighted by molar-refractivity contribution is -0.396. The van der Waals surface area contributed by atoms with E-state index >= 15 is 0 Å². The number of nitrogens with one attached hydrogen (secondary N) is 2. The van der Waals surface area contributed by atoms with Crippen LogP contribution in [-0.2, 0) is 23.9 Å². The van der Waals surface area contributed by atoms with Gasteiger partial charge in [0.05, 0.1) is 15.9 Å². The number of rotatable bonds is 14. The summed E-state index contributed by atoms with van der Waals surface area (Å²) in [5.41, 5.74) is 3.63. The number of nitro benzene ring substituents is 2. The Kier molecular flexibility index (Phi) is 10.1. The van der Waals surface area contributed by atoms with Crippen molar-refractivity contribution in [3.63, 3.8) is 0 Å². The van der Waals surface area contributed by atoms with Gasteiger partial charge in [-0.3, -0.25) is 39.5 Å². The molecule has 18 nitrogen and oxygen atoms in total. The molecule has 1 fully saturated rings. The highest BCUT2D eigenvalue weighted by molar-refractivity contribution is 8.00. The number of carboxylic acid groups (broad SMARTS) is 2. The number of benzene rings is 1. The summed E-state index contributed by atoms with van der Waals surface area (Å²) in [5, 5.41) is 43.0. The predicted molar refractivity (Wildman–Crippen MR) is 139 cm³/mol. The molecule has 1 saturated heterocycles. The van der Waals surface area contributed by atoms with Crippen molar-refractivity contribution in [3.8, 4) is 0 Å². The SMILES string of the molecule is NC(=O)OCC1=C(C(=O)O)N2C(=O)[C@@H](NC(=O)CCC[C@@H](NSc3ccc([N+](=O)[O-])cc3[N+](=O)[O-])C(=O)O)[C@H]2SC1. The Labute approximate surface area is 238 Å². The summed E-state index contributed by atoms with van der Waals surface area (Å²) in [6.45, 7) is -0.411. The van der Waals surface area contributed by atoms with Gasteiger partial charge in [-0.05, 0) is 30.9 Å². The lowest BCUT2D eigenvalue weighted by Crippen LogP contribution is -2.70. The van der Waals surface area contributed by atoms with Gasteiger partial charge < -0.3 is 26.0 Å². The molecule has 220 valence electrons. The molecule has 3 amide bonds. The van der Waals surface area contributed by atoms with Crippen molar-refractivity contribution in [2.75, 3.05) is 12.4 Å². The quantitative estimate of drug-likeness (QED) is 0.0828. The number of carbonyl (C=O) groups is 5. The number of nitrogens with two attached hydrogens (primary N) is 1. The van der Waals surface area contributed by atoms with Crippen LogP contribution in [0.2, 0.25) is 0 Å². The molecule has 3 rings (SSSR count). The van der Waals surface area contributed by atoms with Gasteiger partial charge in [-0.15, -0.1) is 11.8 Å². The third-order valence-corrected chi connectivity index (χ3v) is 8.12. The van der Waals surface area contributed by atoms with Crippen LogP contribution in [0.25, 0.3) is 0 Å². The van der Waals surface area contributed by atoms with Crippen LogP contribution in [0, 0.1) is 20.2 Å². The number of hydrogen-bond acceptors (Lipinski definition) is 13. The number of fused-ring (bicyclic) bond motifs is 1. The molecule has 2 heterocycles. The lowest BCUT2D eigenvalue weighted by atomic mass is 10.0. The maximum Gasteiger partial charge on any atom is 0.404 e. The number of ether oxygens (including phenoxy) is 1. The van der Waals surface area contributed by atoms with Crippen LogP contribution in [0.3, 0.4) is 0 Å². The van der Waals surface area contributed by atoms with Gasteiger partial charge in [0.25, 0.3) is 17.3 Å². The van der Waals surface area contributed by atoms with Crippen molar-refractivity contribution in [2.45, 2.75) is 41.6 Å². The molecular formula is C21H22N6O12S2. The number of amides is 3. The van der Waals surface area contributed by atoms with E-state index in [-0.39, 0.29) is 41.2 Å². The van der Waals surface area contributed by atoms with Crippen LogP contribution in [0.15, 0.2) is 34.4 Å². The Morgan fingerprint density at radius 3 is 2.51 bits per heavy atom. The summed E-state index contributed by atoms with van der Waals surface area (Å²) >= 11 is 1.75. The predicted octanol–water partition coefficient (Wildman–Crippen LogP) is 0.557. The van der Waals surface area contributed by atoms with Crippen LogP contribution in [-0.4, -0.2) is 84.6 Å². The molecule has 0 unspecified atom stereocenters. The molecule has 2 aliphatic rings. The smallest absolute Gasteiger partial charge is 0.404 e. The number of thioether (sulfide) groups is 1. The zero-order valence-corrected chi connectivity index (χ0v) is 22.3. The van der Waals surface area contributed by atoms with Crippen LogP contribution in [0.1, 0.15) is 19.3 Å². The summed E-state index contributed by atoms with van der Waals surface area (Å²) < 4.78 is 7.19. The van der Waals surface area contributed by atoms with Crippen LogP contribution in [0.5, 0.6) is 0 Å². The number of carboxylic acids is 2. The van der Waals surface area contributed by atoms with Crippen LogP contribution in [0.4, 0.5) is 16.2 Å². The molecule has 0 saturated carbocycles. The Morgan fingerprint density at radius 1 is 1.22 bits per heavy atom. The van der Waals surface area contributed by atoms with Gasteiger partial charge in [0.1, 0.15) is 34.7 Å². The van der Waals surface area contributed by atoms with Gasteiger partial charge in [-0.2, -0.15) is 0 Å². The van der Waals surface area contributed by atoms with E-state index in [0.29, 0.717) is 11.9 Å². The third-order valence-electron chi connectivity index (χ3n) is 5.81. The molecule has 0 spiro atoms. The second-order valence-electron chi connectivity index (χ2n) is 8.49. The molecule has 0 bridgehead atoms. The first kappa shape index (κ1) is 31.1. The van der Waals surface area contributed by atoms with Gasteiger partial charge in [-0.25, -0.2) is 14.3 Å². The number of hydrogen-bond donors (Lipinski definition) is 5. The fourth-order valence-electron chi connectivity index (χ4n) is 3.88. The highest BCUT2D eigenvalue weighted by atomic mass is 32.2. The first-order chi connectivity index (χ1) is 19.3. The number of β-lactam (4-membered cyclic amide) rings is 1. The molecule has 1 aromatic carbocycles. The number of nitrogens with zero attached hydrogens (tertiary/aromatic N) is 3. The average molecular weight is 615 g/mol. The van der Waals surface area contributed by atoms with Crippen molar-refractivity contribution in [1.29, 1.82) is 0 Å². The number of non-ortho nitro benzene ring substituents is 1. The van der Waals surface area contributed by atoms with Gasteiger partial charge in [0.15, 0.2) is 0 Å². The number of carbonyl (C=O) groups excluding carboxylic acids is 3. The number of nitro groups is 2. The van der Waals surface area contributed by atoms with E-state index in [1.54, 1.807) is 0 Å². The zero-order chi connectivity index (χ0) is 30.4. The fourth-order valence-corrected chi connectivity index (χ4v) is 6.07. The Hall–Kier alpha value is -4.43. The van der Waals surface area contributed by atoms with Gasteiger partial charge in [0.2, 0.25) is 5.91 Å². The number of primary amides is 1. The maximum absolute atomic E-state index is 12.6. The van der Waals surface area contributed by atoms with Crippen molar-refractivity contribution >= 4 is 64.9 Å². The van der Waals surface area contributed by atoms with Gasteiger partial charge >= 0.3 is 18.0 Å². The van der Waals surface area contributed by atoms with E-state index in [2.05, 4.69) is 14.8 Å². The molecule has 20 heteroatoms. The van der Waals surface area contributed by atoms with E-state index in [1.807, 2.05) is 0 Å². The Morgan fingerprint density at radius 2 is 1.93 bits per heavy atom. The fraction of sp³-hybridized carbons (Fsp3) is 0.381. The topological polar surface area (TPSA) is 275 Å². The highest BCUT2D eigenvalue weighted by Gasteiger charge is 2.54. The molecule has 41 heavy (non-hydrogen) atoms. The Bertz CT molecular complexity index is 1340. The lowest BCUT2D eigenvalue weighted by Gasteiger charge is -2.49. The minimum Gasteiger partial charge on any atom is -0.480 e. The molecule has 0 radical (unpaired) electrons. The van der Waals surface area contributed by atoms with E-state index < -0.39 is 75.1 Å². The molecule has 1 aromatic rings. The largest absolute Gasteiger partial charge is 0.480 e. The highest BCUT2D eigenvalue weighted by Crippen LogP contribution is 2.40. The molecule has 2 aliphatic heterocycles. The molecule has 6 N–H and O–H groups in total. The normalized spacial score (nSPS) is 18.5. The zero-order valence-electron chi connectivity index (χ0n) is 20.7. The minimum absolute atomic E-state index is 0.0377. The Balaban J connectivity index is 1.53. The van der Waals surface area contributed by atoms with Crippen LogP contribution < -0.4 is 15.8 Å². The number of aliphatic carboxylic acids is 2. The van der Waals surface area contributed by atoms with Gasteiger partial charge in [0, 0.05) is 23.8 Å². The van der Waals surface area contributed by atoms with E-state index in [9.17, 15) is 54.4 Å². The molecular weight excluding hydrogens is 592 g/mol. The standard InChI is InChI=1S/C21H22N6O12S2/c22-21(34)39-7-9-8-40-18-15(17(29)25(18)16(9)20(32)33)23-14(28)3-1-2-11(19(30)31)24-41-13-5-4-10(26(35)36)6-12(13)27(37)38/h4-6,11,15,18,24H,1-3,7-8H2,(H2,22,34)(H,23,28)(H,30,31)(H,32,33)/t11-,15-,18-/m1/s1. The molecule has 3 atom stereocenters. The van der Waals surface area contributed by atoms with Crippen LogP contribution >= 0.6 is 23.7 Å². The van der Waals surface area contributed by atoms with Gasteiger partial charge in [-0.1, -0.05) is 0 Å². The van der Waals surface area contributed by atoms with Crippen molar-refractivity contribution in [3.05, 3.63) is 49.7 Å². The monoisotopic (exact) mass is 614 g/mol. The van der Waals surface area contributed by atoms with E-state index in [0.717, 1.165) is 34.9 Å². The molecule has 0 aliphatic carbocycles. The summed E-state index contributed by atoms with van der Waals surface area (Å²) in [6, 6.07) is 0.632. The summed E-state index contributed by atoms with van der Waals surface area (Å²) in [5.74, 6) is -3.90. The summed E-state index contributed by atoms with van der Waals surface area (Å²) in [4.78, 5) is 80.8. The second kappa shape index (κ2) is 13.3. The van der Waals surface area contributed by atoms with Crippen molar-refractivity contribution < 1.29 is 48.8 Å². The third kappa shape index (κ3) is 7.41. The second-order valence-corrected chi connectivity index (χ2v) is 10.5.